The van der Waals surface area contributed by atoms with Gasteiger partial charge in [-0.05, 0) is 12.1 Å². The first-order valence-electron chi connectivity index (χ1n) is 8.33. The standard InChI is InChI=1S/C20H20N4O2/c1-26-12-11-24(15-18-9-5-6-10-21-18)20(25)17-13-22-19(23-14-17)16-7-3-2-4-8-16/h2-10,13-14H,11-12,15H2,1H3. The molecule has 2 heterocycles. The summed E-state index contributed by atoms with van der Waals surface area (Å²) in [5.74, 6) is 0.447. The second-order valence-corrected chi connectivity index (χ2v) is 5.70. The van der Waals surface area contributed by atoms with E-state index in [9.17, 15) is 4.79 Å². The number of benzene rings is 1. The van der Waals surface area contributed by atoms with E-state index in [1.807, 2.05) is 48.5 Å². The zero-order chi connectivity index (χ0) is 18.2. The van der Waals surface area contributed by atoms with Crippen molar-refractivity contribution in [1.29, 1.82) is 0 Å². The van der Waals surface area contributed by atoms with Crippen LogP contribution in [0, 0.1) is 0 Å². The minimum Gasteiger partial charge on any atom is -0.383 e. The molecule has 0 N–H and O–H groups in total. The van der Waals surface area contributed by atoms with E-state index >= 15 is 0 Å². The molecular weight excluding hydrogens is 328 g/mol. The summed E-state index contributed by atoms with van der Waals surface area (Å²) in [6.45, 7) is 1.32. The molecule has 6 nitrogen and oxygen atoms in total. The van der Waals surface area contributed by atoms with Crippen LogP contribution >= 0.6 is 0 Å². The maximum Gasteiger partial charge on any atom is 0.257 e. The van der Waals surface area contributed by atoms with E-state index in [-0.39, 0.29) is 5.91 Å². The van der Waals surface area contributed by atoms with Gasteiger partial charge in [0.25, 0.3) is 5.91 Å². The van der Waals surface area contributed by atoms with E-state index < -0.39 is 0 Å². The van der Waals surface area contributed by atoms with Gasteiger partial charge in [0.1, 0.15) is 0 Å². The van der Waals surface area contributed by atoms with Crippen LogP contribution in [-0.2, 0) is 11.3 Å². The van der Waals surface area contributed by atoms with Crippen LogP contribution in [0.3, 0.4) is 0 Å². The van der Waals surface area contributed by atoms with Gasteiger partial charge in [0.05, 0.1) is 24.4 Å². The Balaban J connectivity index is 1.77. The first-order chi connectivity index (χ1) is 12.8. The van der Waals surface area contributed by atoms with Crippen LogP contribution in [0.5, 0.6) is 0 Å². The zero-order valence-corrected chi connectivity index (χ0v) is 14.6. The number of methoxy groups -OCH3 is 1. The van der Waals surface area contributed by atoms with Crippen LogP contribution < -0.4 is 0 Å². The summed E-state index contributed by atoms with van der Waals surface area (Å²) >= 11 is 0. The molecule has 0 aliphatic carbocycles. The maximum absolute atomic E-state index is 12.9. The molecule has 0 saturated carbocycles. The van der Waals surface area contributed by atoms with Gasteiger partial charge in [-0.2, -0.15) is 0 Å². The maximum atomic E-state index is 12.9. The number of amides is 1. The lowest BCUT2D eigenvalue weighted by atomic mass is 10.2. The van der Waals surface area contributed by atoms with Crippen molar-refractivity contribution < 1.29 is 9.53 Å². The summed E-state index contributed by atoms with van der Waals surface area (Å²) in [6.07, 6.45) is 4.85. The highest BCUT2D eigenvalue weighted by Gasteiger charge is 2.17. The van der Waals surface area contributed by atoms with Crippen molar-refractivity contribution in [3.63, 3.8) is 0 Å². The molecule has 0 saturated heterocycles. The van der Waals surface area contributed by atoms with Gasteiger partial charge in [-0.25, -0.2) is 9.97 Å². The number of rotatable bonds is 7. The van der Waals surface area contributed by atoms with Crippen molar-refractivity contribution in [2.45, 2.75) is 6.54 Å². The van der Waals surface area contributed by atoms with Crippen LogP contribution in [0.25, 0.3) is 11.4 Å². The van der Waals surface area contributed by atoms with E-state index in [2.05, 4.69) is 15.0 Å². The van der Waals surface area contributed by atoms with Gasteiger partial charge in [0.15, 0.2) is 5.82 Å². The van der Waals surface area contributed by atoms with Crippen LogP contribution in [0.2, 0.25) is 0 Å². The number of hydrogen-bond donors (Lipinski definition) is 0. The Labute approximate surface area is 152 Å². The lowest BCUT2D eigenvalue weighted by Crippen LogP contribution is -2.34. The largest absolute Gasteiger partial charge is 0.383 e. The molecule has 0 aliphatic rings. The Kier molecular flexibility index (Phi) is 6.01. The molecule has 0 spiro atoms. The first kappa shape index (κ1) is 17.7. The quantitative estimate of drug-likeness (QED) is 0.657. The van der Waals surface area contributed by atoms with Gasteiger partial charge in [0, 0.05) is 37.8 Å². The van der Waals surface area contributed by atoms with Gasteiger partial charge in [-0.1, -0.05) is 36.4 Å². The summed E-state index contributed by atoms with van der Waals surface area (Å²) in [5.41, 5.74) is 2.17. The molecule has 0 aliphatic heterocycles. The van der Waals surface area contributed by atoms with E-state index in [4.69, 9.17) is 4.74 Å². The van der Waals surface area contributed by atoms with E-state index in [1.165, 1.54) is 0 Å². The second-order valence-electron chi connectivity index (χ2n) is 5.70. The molecule has 1 aromatic carbocycles. The summed E-state index contributed by atoms with van der Waals surface area (Å²) in [6, 6.07) is 15.3. The van der Waals surface area contributed by atoms with Gasteiger partial charge in [-0.3, -0.25) is 9.78 Å². The van der Waals surface area contributed by atoms with Crippen LogP contribution in [0.1, 0.15) is 16.1 Å². The lowest BCUT2D eigenvalue weighted by Gasteiger charge is -2.22. The van der Waals surface area contributed by atoms with Crippen molar-refractivity contribution in [3.8, 4) is 11.4 Å². The molecule has 3 rings (SSSR count). The molecule has 1 amide bonds. The lowest BCUT2D eigenvalue weighted by molar-refractivity contribution is 0.0677. The monoisotopic (exact) mass is 348 g/mol. The SMILES string of the molecule is COCCN(Cc1ccccn1)C(=O)c1cnc(-c2ccccc2)nc1. The molecule has 3 aromatic rings. The molecular formula is C20H20N4O2. The van der Waals surface area contributed by atoms with E-state index in [1.54, 1.807) is 30.6 Å². The van der Waals surface area contributed by atoms with Crippen LogP contribution in [0.15, 0.2) is 67.1 Å². The zero-order valence-electron chi connectivity index (χ0n) is 14.6. The Morgan fingerprint density at radius 3 is 2.38 bits per heavy atom. The topological polar surface area (TPSA) is 68.2 Å². The predicted molar refractivity (Wildman–Crippen MR) is 98.3 cm³/mol. The summed E-state index contributed by atoms with van der Waals surface area (Å²) in [5, 5.41) is 0. The number of aromatic nitrogens is 3. The molecule has 2 aromatic heterocycles. The number of carbonyl (C=O) groups excluding carboxylic acids is 1. The molecule has 0 radical (unpaired) electrons. The molecule has 0 atom stereocenters. The number of pyridine rings is 1. The molecule has 0 fully saturated rings. The Morgan fingerprint density at radius 2 is 1.73 bits per heavy atom. The average Bonchev–Trinajstić information content (AvgIpc) is 2.72. The third kappa shape index (κ3) is 4.49. The minimum absolute atomic E-state index is 0.146. The Morgan fingerprint density at radius 1 is 1.00 bits per heavy atom. The Bertz CT molecular complexity index is 823. The second kappa shape index (κ2) is 8.82. The van der Waals surface area contributed by atoms with Crippen LogP contribution in [-0.4, -0.2) is 46.0 Å². The number of carbonyl (C=O) groups is 1. The fourth-order valence-corrected chi connectivity index (χ4v) is 2.50. The fourth-order valence-electron chi connectivity index (χ4n) is 2.50. The average molecular weight is 348 g/mol. The first-order valence-corrected chi connectivity index (χ1v) is 8.33. The molecule has 0 unspecified atom stereocenters. The predicted octanol–water partition coefficient (Wildman–Crippen LogP) is 2.83. The Hall–Kier alpha value is -3.12. The van der Waals surface area contributed by atoms with Crippen molar-refractivity contribution in [2.24, 2.45) is 0 Å². The highest BCUT2D eigenvalue weighted by molar-refractivity contribution is 5.93. The number of nitrogens with zero attached hydrogens (tertiary/aromatic N) is 4. The van der Waals surface area contributed by atoms with E-state index in [0.717, 1.165) is 11.3 Å². The smallest absolute Gasteiger partial charge is 0.257 e. The summed E-state index contributed by atoms with van der Waals surface area (Å²) in [4.78, 5) is 27.5. The summed E-state index contributed by atoms with van der Waals surface area (Å²) < 4.78 is 5.13. The minimum atomic E-state index is -0.146. The van der Waals surface area contributed by atoms with Gasteiger partial charge >= 0.3 is 0 Å². The normalized spacial score (nSPS) is 10.5. The molecule has 6 heteroatoms. The third-order valence-corrected chi connectivity index (χ3v) is 3.86. The van der Waals surface area contributed by atoms with Gasteiger partial charge < -0.3 is 9.64 Å². The molecule has 0 bridgehead atoms. The fraction of sp³-hybridized carbons (Fsp3) is 0.200. The third-order valence-electron chi connectivity index (χ3n) is 3.86. The summed E-state index contributed by atoms with van der Waals surface area (Å²) in [7, 11) is 1.61. The van der Waals surface area contributed by atoms with E-state index in [0.29, 0.717) is 31.1 Å². The molecule has 132 valence electrons. The van der Waals surface area contributed by atoms with Crippen molar-refractivity contribution in [1.82, 2.24) is 19.9 Å². The van der Waals surface area contributed by atoms with Crippen molar-refractivity contribution >= 4 is 5.91 Å². The highest BCUT2D eigenvalue weighted by atomic mass is 16.5. The number of hydrogen-bond acceptors (Lipinski definition) is 5. The van der Waals surface area contributed by atoms with Gasteiger partial charge in [-0.15, -0.1) is 0 Å². The highest BCUT2D eigenvalue weighted by Crippen LogP contribution is 2.14. The van der Waals surface area contributed by atoms with Gasteiger partial charge in [0.2, 0.25) is 0 Å². The van der Waals surface area contributed by atoms with Crippen LogP contribution in [0.4, 0.5) is 0 Å². The number of ether oxygens (including phenoxy) is 1. The molecule has 26 heavy (non-hydrogen) atoms. The van der Waals surface area contributed by atoms with Crippen molar-refractivity contribution in [2.75, 3.05) is 20.3 Å². The van der Waals surface area contributed by atoms with Crippen molar-refractivity contribution in [3.05, 3.63) is 78.4 Å².